The van der Waals surface area contributed by atoms with Gasteiger partial charge in [0.1, 0.15) is 12.5 Å². The van der Waals surface area contributed by atoms with Crippen LogP contribution in [0.1, 0.15) is 29.5 Å². The van der Waals surface area contributed by atoms with Gasteiger partial charge in [0.05, 0.1) is 12.2 Å². The molecule has 5 heteroatoms. The second-order valence-corrected chi connectivity index (χ2v) is 6.61. The average molecular weight is 343 g/mol. The molecule has 0 saturated carbocycles. The highest BCUT2D eigenvalue weighted by atomic mass is 16.6. The van der Waals surface area contributed by atoms with E-state index in [2.05, 4.69) is 17.0 Å². The van der Waals surface area contributed by atoms with Gasteiger partial charge >= 0.3 is 0 Å². The molecule has 0 atom stereocenters. The van der Waals surface area contributed by atoms with Crippen LogP contribution in [0.25, 0.3) is 0 Å². The number of hydrogen-bond donors (Lipinski definition) is 3. The highest BCUT2D eigenvalue weighted by Gasteiger charge is 2.34. The van der Waals surface area contributed by atoms with E-state index in [4.69, 9.17) is 9.84 Å². The van der Waals surface area contributed by atoms with Crippen LogP contribution in [-0.2, 0) is 23.5 Å². The van der Waals surface area contributed by atoms with Crippen LogP contribution in [0, 0.1) is 0 Å². The monoisotopic (exact) mass is 343 g/mol. The molecular formula is C20H25NO4. The van der Waals surface area contributed by atoms with Gasteiger partial charge in [-0.05, 0) is 36.1 Å². The third kappa shape index (κ3) is 4.38. The first-order valence-electron chi connectivity index (χ1n) is 8.60. The summed E-state index contributed by atoms with van der Waals surface area (Å²) in [5.74, 6) is 0.113. The van der Waals surface area contributed by atoms with Gasteiger partial charge in [-0.25, -0.2) is 0 Å². The summed E-state index contributed by atoms with van der Waals surface area (Å²) in [6.07, 6.45) is 1.29. The molecule has 25 heavy (non-hydrogen) atoms. The summed E-state index contributed by atoms with van der Waals surface area (Å²) in [7, 11) is 0. The fourth-order valence-electron chi connectivity index (χ4n) is 3.36. The summed E-state index contributed by atoms with van der Waals surface area (Å²) in [6.45, 7) is 2.24. The van der Waals surface area contributed by atoms with Crippen LogP contribution < -0.4 is 0 Å². The molecule has 1 aliphatic heterocycles. The molecule has 0 radical (unpaired) electrons. The van der Waals surface area contributed by atoms with E-state index in [9.17, 15) is 10.2 Å². The second kappa shape index (κ2) is 7.97. The maximum atomic E-state index is 11.1. The third-order valence-corrected chi connectivity index (χ3v) is 4.90. The molecule has 0 spiro atoms. The number of aliphatic hydroxyl groups is 2. The van der Waals surface area contributed by atoms with Gasteiger partial charge in [0.15, 0.2) is 0 Å². The molecule has 0 bridgehead atoms. The smallest absolute Gasteiger partial charge is 0.144 e. The van der Waals surface area contributed by atoms with Gasteiger partial charge in [0, 0.05) is 25.2 Å². The molecule has 2 aromatic rings. The van der Waals surface area contributed by atoms with Crippen molar-refractivity contribution in [2.24, 2.45) is 0 Å². The number of hydrogen-bond acceptors (Lipinski definition) is 5. The fraction of sp³-hybridized carbons (Fsp3) is 0.400. The first-order chi connectivity index (χ1) is 12.1. The Morgan fingerprint density at radius 2 is 1.76 bits per heavy atom. The number of rotatable bonds is 6. The first kappa shape index (κ1) is 17.9. The van der Waals surface area contributed by atoms with Gasteiger partial charge in [-0.2, -0.15) is 0 Å². The average Bonchev–Trinajstić information content (AvgIpc) is 2.64. The standard InChI is InChI=1S/C20H25NO4/c22-15-25-14-17-12-18(6-7-19(17)23)20(24)8-10-21(11-9-20)13-16-4-2-1-3-5-16/h1-7,12,22-24H,8-11,13-15H2. The Balaban J connectivity index is 1.65. The topological polar surface area (TPSA) is 73.2 Å². The van der Waals surface area contributed by atoms with E-state index < -0.39 is 12.4 Å². The van der Waals surface area contributed by atoms with Gasteiger partial charge in [-0.15, -0.1) is 0 Å². The second-order valence-electron chi connectivity index (χ2n) is 6.61. The van der Waals surface area contributed by atoms with Gasteiger partial charge in [0.2, 0.25) is 0 Å². The lowest BCUT2D eigenvalue weighted by molar-refractivity contribution is -0.0284. The Hall–Kier alpha value is -1.92. The van der Waals surface area contributed by atoms with Crippen molar-refractivity contribution >= 4 is 0 Å². The molecule has 1 fully saturated rings. The molecule has 5 nitrogen and oxygen atoms in total. The van der Waals surface area contributed by atoms with Crippen LogP contribution in [0.3, 0.4) is 0 Å². The van der Waals surface area contributed by atoms with E-state index in [-0.39, 0.29) is 12.4 Å². The zero-order valence-electron chi connectivity index (χ0n) is 14.3. The Morgan fingerprint density at radius 3 is 2.44 bits per heavy atom. The van der Waals surface area contributed by atoms with E-state index >= 15 is 0 Å². The van der Waals surface area contributed by atoms with Crippen molar-refractivity contribution in [2.75, 3.05) is 19.9 Å². The van der Waals surface area contributed by atoms with Gasteiger partial charge in [-0.3, -0.25) is 4.90 Å². The zero-order valence-corrected chi connectivity index (χ0v) is 14.3. The highest BCUT2D eigenvalue weighted by molar-refractivity contribution is 5.38. The number of ether oxygens (including phenoxy) is 1. The minimum Gasteiger partial charge on any atom is -0.508 e. The number of piperidine rings is 1. The number of nitrogens with zero attached hydrogens (tertiary/aromatic N) is 1. The summed E-state index contributed by atoms with van der Waals surface area (Å²) < 4.78 is 4.96. The van der Waals surface area contributed by atoms with Crippen LogP contribution in [0.2, 0.25) is 0 Å². The van der Waals surface area contributed by atoms with E-state index in [1.807, 2.05) is 18.2 Å². The molecule has 0 unspecified atom stereocenters. The number of likely N-dealkylation sites (tertiary alicyclic amines) is 1. The molecular weight excluding hydrogens is 318 g/mol. The Labute approximate surface area is 148 Å². The number of aliphatic hydroxyl groups excluding tert-OH is 1. The third-order valence-electron chi connectivity index (χ3n) is 4.90. The van der Waals surface area contributed by atoms with Crippen LogP contribution in [0.5, 0.6) is 5.75 Å². The van der Waals surface area contributed by atoms with Crippen LogP contribution in [0.4, 0.5) is 0 Å². The summed E-state index contributed by atoms with van der Waals surface area (Å²) in [4.78, 5) is 2.35. The molecule has 0 aliphatic carbocycles. The molecule has 3 N–H and O–H groups in total. The van der Waals surface area contributed by atoms with Crippen molar-refractivity contribution in [3.8, 4) is 5.75 Å². The minimum absolute atomic E-state index is 0.113. The summed E-state index contributed by atoms with van der Waals surface area (Å²) in [6, 6.07) is 15.5. The number of benzene rings is 2. The van der Waals surface area contributed by atoms with Crippen LogP contribution in [0.15, 0.2) is 48.5 Å². The van der Waals surface area contributed by atoms with Crippen molar-refractivity contribution in [2.45, 2.75) is 31.6 Å². The first-order valence-corrected chi connectivity index (χ1v) is 8.60. The summed E-state index contributed by atoms with van der Waals surface area (Å²) in [5.41, 5.74) is 1.75. The molecule has 1 saturated heterocycles. The van der Waals surface area contributed by atoms with Gasteiger partial charge in [-0.1, -0.05) is 36.4 Å². The molecule has 3 rings (SSSR count). The molecule has 134 valence electrons. The number of aromatic hydroxyl groups is 1. The predicted octanol–water partition coefficient (Wildman–Crippen LogP) is 2.34. The molecule has 1 aliphatic rings. The van der Waals surface area contributed by atoms with Crippen molar-refractivity contribution in [3.05, 3.63) is 65.2 Å². The Bertz CT molecular complexity index is 681. The normalized spacial score (nSPS) is 17.5. The zero-order chi connectivity index (χ0) is 17.7. The molecule has 0 amide bonds. The van der Waals surface area contributed by atoms with Gasteiger partial charge in [0.25, 0.3) is 0 Å². The maximum Gasteiger partial charge on any atom is 0.144 e. The van der Waals surface area contributed by atoms with E-state index in [1.54, 1.807) is 18.2 Å². The van der Waals surface area contributed by atoms with Gasteiger partial charge < -0.3 is 20.1 Å². The van der Waals surface area contributed by atoms with Crippen molar-refractivity contribution in [3.63, 3.8) is 0 Å². The molecule has 2 aromatic carbocycles. The minimum atomic E-state index is -0.894. The maximum absolute atomic E-state index is 11.1. The predicted molar refractivity (Wildman–Crippen MR) is 94.8 cm³/mol. The number of phenolic OH excluding ortho intramolecular Hbond substituents is 1. The lowest BCUT2D eigenvalue weighted by Crippen LogP contribution is -2.42. The SMILES string of the molecule is OCOCc1cc(C2(O)CCN(Cc3ccccc3)CC2)ccc1O. The Kier molecular flexibility index (Phi) is 5.71. The quantitative estimate of drug-likeness (QED) is 0.702. The lowest BCUT2D eigenvalue weighted by atomic mass is 9.83. The van der Waals surface area contributed by atoms with Crippen molar-refractivity contribution in [1.29, 1.82) is 0 Å². The van der Waals surface area contributed by atoms with E-state index in [0.717, 1.165) is 25.2 Å². The number of phenols is 1. The summed E-state index contributed by atoms with van der Waals surface area (Å²) >= 11 is 0. The summed E-state index contributed by atoms with van der Waals surface area (Å²) in [5, 5.41) is 29.7. The fourth-order valence-corrected chi connectivity index (χ4v) is 3.36. The molecule has 1 heterocycles. The van der Waals surface area contributed by atoms with E-state index in [1.165, 1.54) is 5.56 Å². The molecule has 0 aromatic heterocycles. The highest BCUT2D eigenvalue weighted by Crippen LogP contribution is 2.35. The van der Waals surface area contributed by atoms with Crippen LogP contribution in [-0.4, -0.2) is 40.1 Å². The van der Waals surface area contributed by atoms with Crippen molar-refractivity contribution < 1.29 is 20.1 Å². The van der Waals surface area contributed by atoms with E-state index in [0.29, 0.717) is 18.4 Å². The van der Waals surface area contributed by atoms with Crippen molar-refractivity contribution in [1.82, 2.24) is 4.90 Å². The Morgan fingerprint density at radius 1 is 1.04 bits per heavy atom. The van der Waals surface area contributed by atoms with Crippen LogP contribution >= 0.6 is 0 Å². The lowest BCUT2D eigenvalue weighted by Gasteiger charge is -2.38. The largest absolute Gasteiger partial charge is 0.508 e.